The van der Waals surface area contributed by atoms with Gasteiger partial charge in [-0.25, -0.2) is 8.42 Å². The summed E-state index contributed by atoms with van der Waals surface area (Å²) in [6.07, 6.45) is 0. The Balaban J connectivity index is 2.42. The van der Waals surface area contributed by atoms with E-state index in [9.17, 15) is 18.3 Å². The molecular weight excluding hydrogens is 373 g/mol. The molecule has 0 atom stereocenters. The second-order valence-corrected chi connectivity index (χ2v) is 7.04. The van der Waals surface area contributed by atoms with Crippen LogP contribution in [0.2, 0.25) is 15.1 Å². The maximum absolute atomic E-state index is 12.3. The maximum atomic E-state index is 12.3. The molecule has 22 heavy (non-hydrogen) atoms. The molecule has 0 saturated heterocycles. The number of halogens is 3. The first-order valence-electron chi connectivity index (χ1n) is 5.69. The zero-order valence-electron chi connectivity index (χ0n) is 10.6. The van der Waals surface area contributed by atoms with Crippen LogP contribution in [0.25, 0.3) is 0 Å². The Morgan fingerprint density at radius 2 is 1.64 bits per heavy atom. The van der Waals surface area contributed by atoms with Gasteiger partial charge in [-0.1, -0.05) is 46.9 Å². The van der Waals surface area contributed by atoms with E-state index in [1.807, 2.05) is 0 Å². The molecule has 0 heterocycles. The van der Waals surface area contributed by atoms with E-state index in [-0.39, 0.29) is 31.2 Å². The molecule has 0 aromatic heterocycles. The van der Waals surface area contributed by atoms with Crippen LogP contribution in [0.4, 0.5) is 5.69 Å². The molecule has 2 rings (SSSR count). The number of carboxylic acid groups (broad SMARTS) is 1. The highest BCUT2D eigenvalue weighted by atomic mass is 35.5. The zero-order valence-corrected chi connectivity index (χ0v) is 13.7. The smallest absolute Gasteiger partial charge is 0.263 e. The summed E-state index contributed by atoms with van der Waals surface area (Å²) in [5.74, 6) is -1.42. The van der Waals surface area contributed by atoms with E-state index in [1.165, 1.54) is 24.3 Å². The van der Waals surface area contributed by atoms with Gasteiger partial charge in [0, 0.05) is 5.69 Å². The highest BCUT2D eigenvalue weighted by Crippen LogP contribution is 2.32. The average Bonchev–Trinajstić information content (AvgIpc) is 2.42. The van der Waals surface area contributed by atoms with Crippen molar-refractivity contribution >= 4 is 56.5 Å². The molecule has 5 nitrogen and oxygen atoms in total. The number of sulfonamides is 1. The minimum absolute atomic E-state index is 0.0231. The Morgan fingerprint density at radius 1 is 1.00 bits per heavy atom. The molecular formula is C13H7Cl3NO4S-. The largest absolute Gasteiger partial charge is 0.545 e. The van der Waals surface area contributed by atoms with Crippen LogP contribution in [0.5, 0.6) is 0 Å². The van der Waals surface area contributed by atoms with Gasteiger partial charge in [0.2, 0.25) is 0 Å². The quantitative estimate of drug-likeness (QED) is 0.828. The summed E-state index contributed by atoms with van der Waals surface area (Å²) in [7, 11) is -4.06. The number of hydrogen-bond acceptors (Lipinski definition) is 4. The van der Waals surface area contributed by atoms with Gasteiger partial charge in [0.15, 0.2) is 0 Å². The fraction of sp³-hybridized carbons (Fsp3) is 0. The molecule has 116 valence electrons. The zero-order chi connectivity index (χ0) is 16.5. The molecule has 0 fully saturated rings. The van der Waals surface area contributed by atoms with E-state index in [2.05, 4.69) is 4.72 Å². The van der Waals surface area contributed by atoms with Crippen LogP contribution in [-0.4, -0.2) is 14.4 Å². The van der Waals surface area contributed by atoms with Crippen molar-refractivity contribution in [1.29, 1.82) is 0 Å². The number of nitrogens with one attached hydrogen (secondary N) is 1. The van der Waals surface area contributed by atoms with Crippen LogP contribution in [0.15, 0.2) is 41.3 Å². The Hall–Kier alpha value is -1.47. The van der Waals surface area contributed by atoms with Crippen LogP contribution in [0.1, 0.15) is 10.4 Å². The number of anilines is 1. The number of rotatable bonds is 4. The van der Waals surface area contributed by atoms with E-state index in [0.717, 1.165) is 12.1 Å². The average molecular weight is 380 g/mol. The fourth-order valence-electron chi connectivity index (χ4n) is 1.63. The van der Waals surface area contributed by atoms with Crippen molar-refractivity contribution in [3.63, 3.8) is 0 Å². The first-order valence-corrected chi connectivity index (χ1v) is 8.31. The number of carboxylic acids is 1. The number of benzene rings is 2. The lowest BCUT2D eigenvalue weighted by molar-refractivity contribution is -0.255. The predicted octanol–water partition coefficient (Wildman–Crippen LogP) is 2.81. The minimum Gasteiger partial charge on any atom is -0.545 e. The maximum Gasteiger partial charge on any atom is 0.263 e. The van der Waals surface area contributed by atoms with E-state index >= 15 is 0 Å². The second kappa shape index (κ2) is 6.34. The third kappa shape index (κ3) is 3.64. The molecule has 2 aromatic rings. The monoisotopic (exact) mass is 378 g/mol. The van der Waals surface area contributed by atoms with Crippen molar-refractivity contribution < 1.29 is 18.3 Å². The lowest BCUT2D eigenvalue weighted by Gasteiger charge is -2.12. The molecule has 0 aliphatic heterocycles. The lowest BCUT2D eigenvalue weighted by Crippen LogP contribution is -2.22. The van der Waals surface area contributed by atoms with Crippen molar-refractivity contribution in [1.82, 2.24) is 0 Å². The third-order valence-corrected chi connectivity index (χ3v) is 5.18. The van der Waals surface area contributed by atoms with Gasteiger partial charge in [0.05, 0.1) is 21.0 Å². The number of aromatic carboxylic acids is 1. The van der Waals surface area contributed by atoms with Gasteiger partial charge in [-0.05, 0) is 29.8 Å². The van der Waals surface area contributed by atoms with Crippen LogP contribution in [0.3, 0.4) is 0 Å². The number of carbonyl (C=O) groups excluding carboxylic acids is 1. The van der Waals surface area contributed by atoms with Crippen molar-refractivity contribution in [3.05, 3.63) is 57.0 Å². The molecule has 0 radical (unpaired) electrons. The van der Waals surface area contributed by atoms with Gasteiger partial charge in [-0.3, -0.25) is 4.72 Å². The van der Waals surface area contributed by atoms with Gasteiger partial charge >= 0.3 is 0 Å². The molecule has 2 aromatic carbocycles. The first kappa shape index (κ1) is 16.9. The minimum atomic E-state index is -4.06. The second-order valence-electron chi connectivity index (χ2n) is 4.17. The van der Waals surface area contributed by atoms with Crippen LogP contribution < -0.4 is 9.83 Å². The van der Waals surface area contributed by atoms with Gasteiger partial charge in [0.25, 0.3) is 10.0 Å². The molecule has 0 aliphatic rings. The van der Waals surface area contributed by atoms with Crippen molar-refractivity contribution in [2.24, 2.45) is 0 Å². The van der Waals surface area contributed by atoms with Gasteiger partial charge in [0.1, 0.15) is 4.90 Å². The molecule has 0 amide bonds. The molecule has 0 unspecified atom stereocenters. The lowest BCUT2D eigenvalue weighted by atomic mass is 10.2. The van der Waals surface area contributed by atoms with Gasteiger partial charge < -0.3 is 9.90 Å². The Morgan fingerprint density at radius 3 is 2.27 bits per heavy atom. The summed E-state index contributed by atoms with van der Waals surface area (Å²) in [6.45, 7) is 0. The topological polar surface area (TPSA) is 86.3 Å². The van der Waals surface area contributed by atoms with E-state index in [0.29, 0.717) is 0 Å². The van der Waals surface area contributed by atoms with Gasteiger partial charge in [-0.2, -0.15) is 0 Å². The first-order chi connectivity index (χ1) is 10.2. The molecule has 0 bridgehead atoms. The fourth-order valence-corrected chi connectivity index (χ4v) is 3.68. The van der Waals surface area contributed by atoms with Crippen LogP contribution in [0, 0.1) is 0 Å². The third-order valence-electron chi connectivity index (χ3n) is 2.61. The number of carbonyl (C=O) groups is 1. The van der Waals surface area contributed by atoms with Crippen molar-refractivity contribution in [2.45, 2.75) is 4.90 Å². The summed E-state index contributed by atoms with van der Waals surface area (Å²) < 4.78 is 26.8. The summed E-state index contributed by atoms with van der Waals surface area (Å²) >= 11 is 17.4. The standard InChI is InChI=1S/C13H8Cl3NO4S/c14-9-5-11(16)12(6-10(9)15)22(20,21)17-8-3-1-2-7(4-8)13(18)19/h1-6,17H,(H,18,19)/p-1. The molecule has 0 spiro atoms. The van der Waals surface area contributed by atoms with Crippen LogP contribution in [-0.2, 0) is 10.0 Å². The predicted molar refractivity (Wildman–Crippen MR) is 83.1 cm³/mol. The van der Waals surface area contributed by atoms with E-state index in [4.69, 9.17) is 34.8 Å². The summed E-state index contributed by atoms with van der Waals surface area (Å²) in [4.78, 5) is 10.5. The summed E-state index contributed by atoms with van der Waals surface area (Å²) in [6, 6.07) is 7.47. The summed E-state index contributed by atoms with van der Waals surface area (Å²) in [5, 5.41) is 10.8. The van der Waals surface area contributed by atoms with E-state index < -0.39 is 16.0 Å². The Kier molecular flexibility index (Phi) is 4.87. The normalized spacial score (nSPS) is 11.2. The SMILES string of the molecule is O=C([O-])c1cccc(NS(=O)(=O)c2cc(Cl)c(Cl)cc2Cl)c1. The number of hydrogen-bond donors (Lipinski definition) is 1. The van der Waals surface area contributed by atoms with Crippen molar-refractivity contribution in [2.75, 3.05) is 4.72 Å². The highest BCUT2D eigenvalue weighted by Gasteiger charge is 2.20. The Labute approximate surface area is 141 Å². The van der Waals surface area contributed by atoms with Crippen LogP contribution >= 0.6 is 34.8 Å². The molecule has 1 N–H and O–H groups in total. The molecule has 0 saturated carbocycles. The molecule has 0 aliphatic carbocycles. The van der Waals surface area contributed by atoms with Crippen molar-refractivity contribution in [3.8, 4) is 0 Å². The van der Waals surface area contributed by atoms with Gasteiger partial charge in [-0.15, -0.1) is 0 Å². The Bertz CT molecular complexity index is 852. The van der Waals surface area contributed by atoms with E-state index in [1.54, 1.807) is 0 Å². The summed E-state index contributed by atoms with van der Waals surface area (Å²) in [5.41, 5.74) is -0.121. The molecule has 9 heteroatoms. The highest BCUT2D eigenvalue weighted by molar-refractivity contribution is 7.92.